The molecule has 7 rings (SSSR count). The summed E-state index contributed by atoms with van der Waals surface area (Å²) in [4.78, 5) is 10.3. The second kappa shape index (κ2) is 21.3. The van der Waals surface area contributed by atoms with E-state index in [1.165, 1.54) is 91.0 Å². The number of rotatable bonds is 10. The van der Waals surface area contributed by atoms with Gasteiger partial charge in [-0.05, 0) is 36.4 Å². The topological polar surface area (TPSA) is 319 Å². The minimum Gasteiger partial charge on any atom is -0.744 e. The van der Waals surface area contributed by atoms with Gasteiger partial charge in [-0.3, -0.25) is 0 Å². The van der Waals surface area contributed by atoms with E-state index in [9.17, 15) is 51.9 Å². The van der Waals surface area contributed by atoms with Crippen molar-refractivity contribution in [2.24, 2.45) is 0 Å². The molecule has 0 saturated heterocycles. The fraction of sp³-hybridized carbons (Fsp3) is 0. The predicted octanol–water partition coefficient (Wildman–Crippen LogP) is -8.91. The molecule has 27 heteroatoms. The zero-order chi connectivity index (χ0) is 41.6. The van der Waals surface area contributed by atoms with Crippen molar-refractivity contribution in [3.63, 3.8) is 0 Å². The van der Waals surface area contributed by atoms with Crippen LogP contribution in [-0.2, 0) is 40.5 Å². The van der Waals surface area contributed by atoms with E-state index in [4.69, 9.17) is 0 Å². The normalized spacial score (nSPS) is 11.5. The van der Waals surface area contributed by atoms with Crippen molar-refractivity contribution in [3.8, 4) is 68.1 Å². The first kappa shape index (κ1) is 54.0. The molecule has 4 aromatic carbocycles. The molecule has 0 bridgehead atoms. The van der Waals surface area contributed by atoms with Crippen molar-refractivity contribution in [1.82, 2.24) is 35.3 Å². The Hall–Kier alpha value is -2.31. The van der Waals surface area contributed by atoms with E-state index in [2.05, 4.69) is 35.3 Å². The van der Waals surface area contributed by atoms with Gasteiger partial charge in [-0.2, -0.15) is 0 Å². The van der Waals surface area contributed by atoms with Gasteiger partial charge in [0.1, 0.15) is 74.6 Å². The van der Waals surface area contributed by atoms with Gasteiger partial charge in [0, 0.05) is 22.3 Å². The molecule has 62 heavy (non-hydrogen) atoms. The fourth-order valence-corrected chi connectivity index (χ4v) is 8.53. The smallest absolute Gasteiger partial charge is 0.744 e. The fourth-order valence-electron chi connectivity index (χ4n) is 5.81. The molecule has 0 amide bonds. The Balaban J connectivity index is 0.00000256. The molecule has 0 unspecified atom stereocenters. The molecule has 294 valence electrons. The van der Waals surface area contributed by atoms with Gasteiger partial charge in [0.15, 0.2) is 0 Å². The molecule has 0 fully saturated rings. The number of pyridine rings is 1. The van der Waals surface area contributed by atoms with Crippen LogP contribution in [0.1, 0.15) is 0 Å². The monoisotopic (exact) mass is 949 g/mol. The average molecular weight is 950 g/mol. The van der Waals surface area contributed by atoms with E-state index < -0.39 is 60.1 Å². The Morgan fingerprint density at radius 3 is 0.839 bits per heavy atom. The minimum absolute atomic E-state index is 0. The summed E-state index contributed by atoms with van der Waals surface area (Å²) in [6.45, 7) is 0. The van der Waals surface area contributed by atoms with Gasteiger partial charge in [0.05, 0.1) is 19.6 Å². The summed E-state index contributed by atoms with van der Waals surface area (Å²) in [5, 5.41) is 16.3. The van der Waals surface area contributed by atoms with E-state index >= 15 is 0 Å². The molecule has 0 aliphatic heterocycles. The minimum atomic E-state index is -5.18. The third kappa shape index (κ3) is 11.7. The Kier molecular flexibility index (Phi) is 18.6. The van der Waals surface area contributed by atoms with Gasteiger partial charge in [0.25, 0.3) is 0 Å². The molecule has 3 aromatic heterocycles. The molecule has 0 aliphatic carbocycles. The van der Waals surface area contributed by atoms with Gasteiger partial charge in [0.2, 0.25) is 11.6 Å². The van der Waals surface area contributed by atoms with Crippen LogP contribution in [0.4, 0.5) is 0 Å². The largest absolute Gasteiger partial charge is 1.00 e. The summed E-state index contributed by atoms with van der Waals surface area (Å²) in [6, 6.07) is 23.5. The van der Waals surface area contributed by atoms with Crippen molar-refractivity contribution in [2.45, 2.75) is 19.6 Å². The first-order valence-corrected chi connectivity index (χ1v) is 21.6. The second-order valence-corrected chi connectivity index (χ2v) is 17.3. The summed E-state index contributed by atoms with van der Waals surface area (Å²) in [6.07, 6.45) is 0. The molecule has 0 atom stereocenters. The Morgan fingerprint density at radius 2 is 0.565 bits per heavy atom. The van der Waals surface area contributed by atoms with Crippen molar-refractivity contribution in [1.29, 1.82) is 0 Å². The van der Waals surface area contributed by atoms with E-state index in [1.807, 2.05) is 0 Å². The Bertz CT molecular complexity index is 3070. The molecule has 0 N–H and O–H groups in total. The van der Waals surface area contributed by atoms with Crippen LogP contribution in [-0.4, -0.2) is 87.2 Å². The van der Waals surface area contributed by atoms with Crippen molar-refractivity contribution in [2.75, 3.05) is 0 Å². The van der Waals surface area contributed by atoms with Crippen LogP contribution in [0.25, 0.3) is 68.1 Å². The first-order valence-electron chi connectivity index (χ1n) is 16.0. The second-order valence-electron chi connectivity index (χ2n) is 11.9. The molecular weight excluding hydrogens is 931 g/mol. The third-order valence-corrected chi connectivity index (χ3v) is 11.8. The van der Waals surface area contributed by atoms with E-state index in [0.717, 1.165) is 24.3 Å². The maximum atomic E-state index is 12.4. The SMILES string of the molecule is O=S(=O)([O-])c1ccccc1-c1nnc(-c2cccc(-c3nnc(-c4ccccc4S(=O)(=O)[O-])c(-c4ccccc4S(=O)(=O)[O-])n3)n2)nc1-c1ccccc1S(=O)(=O)[O-].[Na+].[Na+].[Na+].[Na+]. The van der Waals surface area contributed by atoms with Gasteiger partial charge in [-0.15, -0.1) is 20.4 Å². The van der Waals surface area contributed by atoms with Crippen LogP contribution in [0.15, 0.2) is 135 Å². The van der Waals surface area contributed by atoms with E-state index in [1.54, 1.807) is 0 Å². The third-order valence-electron chi connectivity index (χ3n) is 8.23. The molecule has 0 aliphatic rings. The number of aromatic nitrogens is 7. The van der Waals surface area contributed by atoms with Crippen molar-refractivity contribution < 1.29 is 170 Å². The quantitative estimate of drug-likeness (QED) is 0.0908. The van der Waals surface area contributed by atoms with Crippen LogP contribution in [0.3, 0.4) is 0 Å². The summed E-state index contributed by atoms with van der Waals surface area (Å²) in [5.41, 5.74) is -3.00. The maximum absolute atomic E-state index is 12.4. The summed E-state index contributed by atoms with van der Waals surface area (Å²) in [7, 11) is -20.6. The van der Waals surface area contributed by atoms with Crippen LogP contribution in [0, 0.1) is 0 Å². The number of benzene rings is 4. The number of nitrogens with zero attached hydrogens (tertiary/aromatic N) is 7. The van der Waals surface area contributed by atoms with Crippen molar-refractivity contribution >= 4 is 40.5 Å². The zero-order valence-corrected chi connectivity index (χ0v) is 43.9. The summed E-state index contributed by atoms with van der Waals surface area (Å²) < 4.78 is 147. The van der Waals surface area contributed by atoms with Crippen LogP contribution in [0.2, 0.25) is 0 Å². The molecule has 0 radical (unpaired) electrons. The van der Waals surface area contributed by atoms with Gasteiger partial charge >= 0.3 is 118 Å². The predicted molar refractivity (Wildman–Crippen MR) is 195 cm³/mol. The molecule has 0 spiro atoms. The number of hydrogen-bond acceptors (Lipinski definition) is 19. The van der Waals surface area contributed by atoms with Gasteiger partial charge in [-0.25, -0.2) is 48.6 Å². The standard InChI is InChI=1S/C35H23N7O12S4.4Na/c43-55(44,45)26-16-5-1-10-20(26)30-32(22-12-3-7-18-28(22)57(49,50)51)39-41-34(37-30)24-14-9-15-25(36-24)35-38-31(21-11-2-6-17-27(21)56(46,47)48)33(40-42-35)23-13-4-8-19-29(23)58(52,53)54;;;;/h1-19H,(H,43,44,45)(H,46,47,48)(H,49,50,51)(H,52,53,54);;;;/q;4*+1/p-4. The number of hydrogen-bond donors (Lipinski definition) is 0. The molecule has 0 saturated carbocycles. The van der Waals surface area contributed by atoms with Crippen molar-refractivity contribution in [3.05, 3.63) is 115 Å². The molecule has 19 nitrogen and oxygen atoms in total. The average Bonchev–Trinajstić information content (AvgIpc) is 3.19. The zero-order valence-electron chi connectivity index (χ0n) is 32.6. The summed E-state index contributed by atoms with van der Waals surface area (Å²) in [5.74, 6) is -0.660. The molecular formula is C35H19N7Na4O12S4. The van der Waals surface area contributed by atoms with Gasteiger partial charge in [-0.1, -0.05) is 78.9 Å². The summed E-state index contributed by atoms with van der Waals surface area (Å²) >= 11 is 0. The van der Waals surface area contributed by atoms with Gasteiger partial charge < -0.3 is 18.2 Å². The first-order chi connectivity index (χ1) is 27.3. The molecule has 7 aromatic rings. The van der Waals surface area contributed by atoms with Crippen LogP contribution < -0.4 is 118 Å². The van der Waals surface area contributed by atoms with Crippen LogP contribution >= 0.6 is 0 Å². The Labute approximate surface area is 442 Å². The van der Waals surface area contributed by atoms with E-state index in [-0.39, 0.29) is 186 Å². The van der Waals surface area contributed by atoms with E-state index in [0.29, 0.717) is 0 Å². The molecule has 3 heterocycles. The Morgan fingerprint density at radius 1 is 0.306 bits per heavy atom. The maximum Gasteiger partial charge on any atom is 1.00 e. The van der Waals surface area contributed by atoms with Crippen LogP contribution in [0.5, 0.6) is 0 Å².